The van der Waals surface area contributed by atoms with Crippen LogP contribution in [-0.2, 0) is 44.7 Å². The molecule has 2 aliphatic rings. The molecule has 0 atom stereocenters. The lowest BCUT2D eigenvalue weighted by Crippen LogP contribution is -2.56. The summed E-state index contributed by atoms with van der Waals surface area (Å²) < 4.78 is 36.4. The molecule has 2 aromatic carbocycles. The van der Waals surface area contributed by atoms with Crippen LogP contribution in [0.1, 0.15) is 64.5 Å². The molecule has 13 heteroatoms. The summed E-state index contributed by atoms with van der Waals surface area (Å²) in [6, 6.07) is 20.5. The Balaban J connectivity index is 0.000000222. The maximum Gasteiger partial charge on any atom is 0.357 e. The summed E-state index contributed by atoms with van der Waals surface area (Å²) in [6.45, 7) is 4.08. The van der Waals surface area contributed by atoms with Gasteiger partial charge in [0.2, 0.25) is 0 Å². The van der Waals surface area contributed by atoms with Crippen molar-refractivity contribution in [2.45, 2.75) is 58.0 Å². The number of amides is 1. The second-order valence-electron chi connectivity index (χ2n) is 11.4. The number of carboxylic acid groups (broad SMARTS) is 1. The van der Waals surface area contributed by atoms with Crippen molar-refractivity contribution in [3.8, 4) is 0 Å². The van der Waals surface area contributed by atoms with E-state index in [-0.39, 0.29) is 25.7 Å². The van der Waals surface area contributed by atoms with Crippen LogP contribution in [0.15, 0.2) is 85.2 Å². The Morgan fingerprint density at radius 3 is 1.54 bits per heavy atom. The molecule has 6 rings (SSSR count). The molecule has 0 radical (unpaired) electrons. The average Bonchev–Trinajstić information content (AvgIpc) is 3.64. The SMILES string of the molecule is C.CCOC(=O)C1(N)Cc2ccccc2C1.CCOC(=O)C1(NC(=O)c2ncccc2F)Cc2ccccc2C1.O=C(O)c1ncccc1F. The number of carbonyl (C=O) groups excluding carboxylic acids is 3. The number of nitrogens with two attached hydrogens (primary N) is 1. The number of ether oxygens (including phenoxy) is 2. The fourth-order valence-electron chi connectivity index (χ4n) is 5.60. The van der Waals surface area contributed by atoms with E-state index in [2.05, 4.69) is 15.3 Å². The third kappa shape index (κ3) is 9.11. The van der Waals surface area contributed by atoms with Gasteiger partial charge in [0.25, 0.3) is 5.91 Å². The van der Waals surface area contributed by atoms with Crippen molar-refractivity contribution in [2.24, 2.45) is 5.73 Å². The number of hydrogen-bond donors (Lipinski definition) is 3. The number of halogens is 2. The standard InChI is InChI=1S/C18H17FN2O3.C12H15NO2.C6H4FNO2.CH4/c1-2-24-17(23)18(10-12-6-3-4-7-13(12)11-18)21-16(22)15-14(19)8-5-9-20-15;1-2-15-11(14)12(13)7-9-5-3-4-6-10(9)8-12;7-4-2-1-3-8-5(4)6(9)10;/h3-9H,2,10-11H2,1H3,(H,21,22);3-6H,2,7-8,13H2,1H3;1-3H,(H,9,10);1H4. The lowest BCUT2D eigenvalue weighted by Gasteiger charge is -2.27. The highest BCUT2D eigenvalue weighted by Gasteiger charge is 2.47. The van der Waals surface area contributed by atoms with Crippen LogP contribution in [0.4, 0.5) is 8.78 Å². The Hall–Kier alpha value is -5.56. The molecule has 4 aromatic rings. The number of pyridine rings is 2. The first-order chi connectivity index (χ1) is 23.4. The second-order valence-corrected chi connectivity index (χ2v) is 11.4. The minimum atomic E-state index is -1.35. The summed E-state index contributed by atoms with van der Waals surface area (Å²) in [4.78, 5) is 53.9. The van der Waals surface area contributed by atoms with Gasteiger partial charge in [-0.05, 0) is 60.4 Å². The zero-order valence-electron chi connectivity index (χ0n) is 26.9. The van der Waals surface area contributed by atoms with Crippen LogP contribution < -0.4 is 11.1 Å². The van der Waals surface area contributed by atoms with Gasteiger partial charge in [-0.15, -0.1) is 0 Å². The number of nitrogens with one attached hydrogen (secondary N) is 1. The van der Waals surface area contributed by atoms with Crippen molar-refractivity contribution in [2.75, 3.05) is 13.2 Å². The van der Waals surface area contributed by atoms with E-state index in [1.54, 1.807) is 13.8 Å². The molecule has 1 amide bonds. The van der Waals surface area contributed by atoms with Crippen LogP contribution in [0.5, 0.6) is 0 Å². The Morgan fingerprint density at radius 2 is 1.14 bits per heavy atom. The molecular formula is C37H40F2N4O7. The normalized spacial score (nSPS) is 14.1. The van der Waals surface area contributed by atoms with E-state index < -0.39 is 46.3 Å². The molecule has 0 saturated heterocycles. The van der Waals surface area contributed by atoms with Crippen LogP contribution in [0.3, 0.4) is 0 Å². The number of aromatic nitrogens is 2. The van der Waals surface area contributed by atoms with Gasteiger partial charge in [0.1, 0.15) is 11.1 Å². The van der Waals surface area contributed by atoms with E-state index in [0.717, 1.165) is 34.4 Å². The van der Waals surface area contributed by atoms with Crippen molar-refractivity contribution in [3.05, 3.63) is 130 Å². The first-order valence-electron chi connectivity index (χ1n) is 15.5. The number of fused-ring (bicyclic) bond motifs is 2. The van der Waals surface area contributed by atoms with Crippen LogP contribution in [0.25, 0.3) is 0 Å². The minimum absolute atomic E-state index is 0. The van der Waals surface area contributed by atoms with Crippen molar-refractivity contribution >= 4 is 23.8 Å². The summed E-state index contributed by atoms with van der Waals surface area (Å²) in [5.74, 6) is -4.43. The fraction of sp³-hybridized carbons (Fsp3) is 0.297. The molecule has 50 heavy (non-hydrogen) atoms. The number of hydrogen-bond acceptors (Lipinski definition) is 9. The Kier molecular flexibility index (Phi) is 13.4. The largest absolute Gasteiger partial charge is 0.476 e. The molecular weight excluding hydrogens is 650 g/mol. The lowest BCUT2D eigenvalue weighted by molar-refractivity contribution is -0.150. The van der Waals surface area contributed by atoms with Crippen molar-refractivity contribution < 1.29 is 42.5 Å². The van der Waals surface area contributed by atoms with E-state index in [0.29, 0.717) is 32.3 Å². The van der Waals surface area contributed by atoms with Gasteiger partial charge in [-0.2, -0.15) is 0 Å². The molecule has 0 fully saturated rings. The first kappa shape index (κ1) is 38.9. The summed E-state index contributed by atoms with van der Waals surface area (Å²) in [6.07, 6.45) is 4.35. The molecule has 2 aliphatic carbocycles. The average molecular weight is 691 g/mol. The van der Waals surface area contributed by atoms with Crippen molar-refractivity contribution in [1.82, 2.24) is 15.3 Å². The Bertz CT molecular complexity index is 1790. The van der Waals surface area contributed by atoms with Crippen LogP contribution in [-0.4, -0.2) is 63.2 Å². The molecule has 0 aliphatic heterocycles. The highest BCUT2D eigenvalue weighted by atomic mass is 19.1. The quantitative estimate of drug-likeness (QED) is 0.232. The Morgan fingerprint density at radius 1 is 0.720 bits per heavy atom. The third-order valence-corrected chi connectivity index (χ3v) is 7.87. The Labute approximate surface area is 288 Å². The predicted molar refractivity (Wildman–Crippen MR) is 180 cm³/mol. The molecule has 11 nitrogen and oxygen atoms in total. The summed E-state index contributed by atoms with van der Waals surface area (Å²) in [5, 5.41) is 10.9. The number of esters is 2. The third-order valence-electron chi connectivity index (χ3n) is 7.87. The molecule has 0 saturated carbocycles. The smallest absolute Gasteiger partial charge is 0.357 e. The van der Waals surface area contributed by atoms with Crippen molar-refractivity contribution in [3.63, 3.8) is 0 Å². The van der Waals surface area contributed by atoms with Crippen LogP contribution in [0.2, 0.25) is 0 Å². The molecule has 264 valence electrons. The number of nitrogens with zero attached hydrogens (tertiary/aromatic N) is 2. The van der Waals surface area contributed by atoms with E-state index in [9.17, 15) is 28.0 Å². The van der Waals surface area contributed by atoms with E-state index >= 15 is 0 Å². The van der Waals surface area contributed by atoms with Gasteiger partial charge in [-0.1, -0.05) is 56.0 Å². The highest BCUT2D eigenvalue weighted by Crippen LogP contribution is 2.32. The van der Waals surface area contributed by atoms with Gasteiger partial charge in [0.05, 0.1) is 13.2 Å². The number of carboxylic acids is 1. The lowest BCUT2D eigenvalue weighted by atomic mass is 9.95. The number of carbonyl (C=O) groups is 4. The number of aromatic carboxylic acids is 1. The fourth-order valence-corrected chi connectivity index (χ4v) is 5.60. The minimum Gasteiger partial charge on any atom is -0.476 e. The molecule has 2 heterocycles. The summed E-state index contributed by atoms with van der Waals surface area (Å²) >= 11 is 0. The van der Waals surface area contributed by atoms with Crippen LogP contribution >= 0.6 is 0 Å². The van der Waals surface area contributed by atoms with Gasteiger partial charge < -0.3 is 25.6 Å². The van der Waals surface area contributed by atoms with Crippen molar-refractivity contribution in [1.29, 1.82) is 0 Å². The molecule has 0 bridgehead atoms. The van der Waals surface area contributed by atoms with Gasteiger partial charge in [0, 0.05) is 38.1 Å². The van der Waals surface area contributed by atoms with Gasteiger partial charge in [0.15, 0.2) is 23.0 Å². The maximum atomic E-state index is 13.8. The van der Waals surface area contributed by atoms with E-state index in [1.165, 1.54) is 24.5 Å². The monoisotopic (exact) mass is 690 g/mol. The van der Waals surface area contributed by atoms with Gasteiger partial charge in [-0.25, -0.2) is 28.3 Å². The first-order valence-corrected chi connectivity index (χ1v) is 15.5. The van der Waals surface area contributed by atoms with E-state index in [4.69, 9.17) is 20.3 Å². The molecule has 0 spiro atoms. The van der Waals surface area contributed by atoms with E-state index in [1.807, 2.05) is 48.5 Å². The maximum absolute atomic E-state index is 13.8. The van der Waals surface area contributed by atoms with Gasteiger partial charge >= 0.3 is 17.9 Å². The topological polar surface area (TPSA) is 171 Å². The van der Waals surface area contributed by atoms with Gasteiger partial charge in [-0.3, -0.25) is 9.59 Å². The number of rotatable bonds is 7. The second kappa shape index (κ2) is 17.2. The predicted octanol–water partition coefficient (Wildman–Crippen LogP) is 4.65. The molecule has 0 unspecified atom stereocenters. The summed E-state index contributed by atoms with van der Waals surface area (Å²) in [5.41, 5.74) is 7.36. The zero-order valence-corrected chi connectivity index (χ0v) is 26.9. The molecule has 4 N–H and O–H groups in total. The zero-order chi connectivity index (χ0) is 35.6. The molecule has 2 aromatic heterocycles. The summed E-state index contributed by atoms with van der Waals surface area (Å²) in [7, 11) is 0. The highest BCUT2D eigenvalue weighted by molar-refractivity contribution is 5.97. The van der Waals surface area contributed by atoms with Crippen LogP contribution in [0, 0.1) is 11.6 Å². The number of benzene rings is 2.